The molecule has 0 aliphatic carbocycles. The number of non-ortho nitro benzene ring substituents is 1. The predicted molar refractivity (Wildman–Crippen MR) is 113 cm³/mol. The van der Waals surface area contributed by atoms with Crippen molar-refractivity contribution < 1.29 is 19.3 Å². The Balaban J connectivity index is 1.72. The van der Waals surface area contributed by atoms with Crippen molar-refractivity contribution in [1.29, 1.82) is 0 Å². The lowest BCUT2D eigenvalue weighted by Gasteiger charge is -2.26. The van der Waals surface area contributed by atoms with Crippen molar-refractivity contribution in [2.24, 2.45) is 0 Å². The normalized spacial score (nSPS) is 15.3. The van der Waals surface area contributed by atoms with Gasteiger partial charge in [0.15, 0.2) is 0 Å². The summed E-state index contributed by atoms with van der Waals surface area (Å²) in [5.74, 6) is -1.54. The molecule has 31 heavy (non-hydrogen) atoms. The van der Waals surface area contributed by atoms with Crippen molar-refractivity contribution >= 4 is 35.3 Å². The Kier molecular flexibility index (Phi) is 4.92. The Labute approximate surface area is 176 Å². The van der Waals surface area contributed by atoms with Crippen LogP contribution in [-0.2, 0) is 9.59 Å². The number of anilines is 1. The summed E-state index contributed by atoms with van der Waals surface area (Å²) in [6.45, 7) is 1.83. The fourth-order valence-corrected chi connectivity index (χ4v) is 3.29. The quantitative estimate of drug-likeness (QED) is 0.303. The molecule has 4 amide bonds. The highest BCUT2D eigenvalue weighted by atomic mass is 16.6. The maximum atomic E-state index is 13.0. The number of hydrogen-bond donors (Lipinski definition) is 1. The van der Waals surface area contributed by atoms with Crippen LogP contribution in [0.5, 0.6) is 0 Å². The number of carbonyl (C=O) groups is 3. The highest BCUT2D eigenvalue weighted by Gasteiger charge is 2.37. The van der Waals surface area contributed by atoms with Crippen molar-refractivity contribution in [2.75, 3.05) is 4.90 Å². The second-order valence-electron chi connectivity index (χ2n) is 6.87. The zero-order valence-electron chi connectivity index (χ0n) is 16.3. The Morgan fingerprint density at radius 3 is 2.39 bits per heavy atom. The van der Waals surface area contributed by atoms with Crippen LogP contribution < -0.4 is 10.2 Å². The van der Waals surface area contributed by atoms with Crippen LogP contribution in [0, 0.1) is 17.0 Å². The number of urea groups is 1. The number of nitro groups is 1. The molecule has 9 nitrogen and oxygen atoms in total. The van der Waals surface area contributed by atoms with E-state index in [4.69, 9.17) is 0 Å². The number of nitrogens with one attached hydrogen (secondary N) is 1. The average Bonchev–Trinajstić information content (AvgIpc) is 3.19. The van der Waals surface area contributed by atoms with E-state index >= 15 is 0 Å². The van der Waals surface area contributed by atoms with E-state index < -0.39 is 22.8 Å². The van der Waals surface area contributed by atoms with Gasteiger partial charge in [-0.05, 0) is 55.0 Å². The largest absolute Gasteiger partial charge is 0.335 e. The number of aromatic nitrogens is 1. The van der Waals surface area contributed by atoms with E-state index in [1.165, 1.54) is 18.2 Å². The van der Waals surface area contributed by atoms with Crippen molar-refractivity contribution in [3.05, 3.63) is 93.8 Å². The topological polar surface area (TPSA) is 115 Å². The molecule has 0 unspecified atom stereocenters. The molecule has 1 saturated heterocycles. The number of rotatable bonds is 4. The van der Waals surface area contributed by atoms with Crippen LogP contribution in [0.25, 0.3) is 11.8 Å². The summed E-state index contributed by atoms with van der Waals surface area (Å²) in [6.07, 6.45) is 3.08. The second-order valence-corrected chi connectivity index (χ2v) is 6.87. The Hall–Kier alpha value is -4.53. The fourth-order valence-electron chi connectivity index (χ4n) is 3.29. The summed E-state index contributed by atoms with van der Waals surface area (Å²) in [4.78, 5) is 49.1. The molecule has 0 spiro atoms. The van der Waals surface area contributed by atoms with Crippen LogP contribution in [0.4, 0.5) is 16.2 Å². The minimum atomic E-state index is -0.816. The molecule has 9 heteroatoms. The first-order valence-electron chi connectivity index (χ1n) is 9.25. The summed E-state index contributed by atoms with van der Waals surface area (Å²) in [5.41, 5.74) is 2.05. The smallest absolute Gasteiger partial charge is 0.317 e. The van der Waals surface area contributed by atoms with Gasteiger partial charge in [-0.3, -0.25) is 25.0 Å². The number of hydrogen-bond acceptors (Lipinski definition) is 5. The summed E-state index contributed by atoms with van der Waals surface area (Å²) in [7, 11) is 0. The third kappa shape index (κ3) is 3.71. The first kappa shape index (κ1) is 19.8. The van der Waals surface area contributed by atoms with Gasteiger partial charge in [-0.2, -0.15) is 0 Å². The minimum absolute atomic E-state index is 0.0510. The van der Waals surface area contributed by atoms with Crippen LogP contribution in [0.2, 0.25) is 0 Å². The molecule has 154 valence electrons. The molecule has 2 aromatic carbocycles. The maximum Gasteiger partial charge on any atom is 0.335 e. The second kappa shape index (κ2) is 7.71. The van der Waals surface area contributed by atoms with Gasteiger partial charge in [0.2, 0.25) is 0 Å². The van der Waals surface area contributed by atoms with Crippen LogP contribution >= 0.6 is 0 Å². The van der Waals surface area contributed by atoms with E-state index in [0.29, 0.717) is 17.1 Å². The molecule has 4 rings (SSSR count). The van der Waals surface area contributed by atoms with Crippen molar-refractivity contribution in [2.45, 2.75) is 6.92 Å². The fraction of sp³-hybridized carbons (Fsp3) is 0.0455. The number of aryl methyl sites for hydroxylation is 1. The summed E-state index contributed by atoms with van der Waals surface area (Å²) >= 11 is 0. The molecule has 1 fully saturated rings. The predicted octanol–water partition coefficient (Wildman–Crippen LogP) is 3.36. The molecule has 1 N–H and O–H groups in total. The molecule has 0 radical (unpaired) electrons. The zero-order valence-corrected chi connectivity index (χ0v) is 16.3. The molecule has 0 atom stereocenters. The van der Waals surface area contributed by atoms with E-state index in [1.807, 2.05) is 13.0 Å². The van der Waals surface area contributed by atoms with Gasteiger partial charge in [0, 0.05) is 29.7 Å². The Morgan fingerprint density at radius 2 is 1.71 bits per heavy atom. The van der Waals surface area contributed by atoms with Gasteiger partial charge < -0.3 is 4.57 Å². The lowest BCUT2D eigenvalue weighted by molar-refractivity contribution is -0.384. The summed E-state index contributed by atoms with van der Waals surface area (Å²) < 4.78 is 1.67. The zero-order chi connectivity index (χ0) is 22.1. The number of carbonyl (C=O) groups excluding carboxylic acids is 3. The number of nitrogens with zero attached hydrogens (tertiary/aromatic N) is 3. The summed E-state index contributed by atoms with van der Waals surface area (Å²) in [5, 5.41) is 13.1. The molecule has 1 aromatic heterocycles. The average molecular weight is 416 g/mol. The van der Waals surface area contributed by atoms with Crippen LogP contribution in [0.15, 0.2) is 72.4 Å². The van der Waals surface area contributed by atoms with Gasteiger partial charge in [0.25, 0.3) is 17.5 Å². The number of benzene rings is 2. The van der Waals surface area contributed by atoms with E-state index in [0.717, 1.165) is 10.5 Å². The van der Waals surface area contributed by atoms with E-state index in [2.05, 4.69) is 5.32 Å². The van der Waals surface area contributed by atoms with Gasteiger partial charge in [0.05, 0.1) is 10.6 Å². The number of imide groups is 2. The van der Waals surface area contributed by atoms with E-state index in [9.17, 15) is 24.5 Å². The van der Waals surface area contributed by atoms with Gasteiger partial charge in [-0.1, -0.05) is 12.1 Å². The first-order valence-corrected chi connectivity index (χ1v) is 9.25. The molecule has 3 aromatic rings. The van der Waals surface area contributed by atoms with Gasteiger partial charge in [-0.25, -0.2) is 9.69 Å². The van der Waals surface area contributed by atoms with E-state index in [-0.39, 0.29) is 11.3 Å². The van der Waals surface area contributed by atoms with Crippen molar-refractivity contribution in [3.8, 4) is 5.69 Å². The molecular formula is C22H16N4O5. The Bertz CT molecular complexity index is 1260. The monoisotopic (exact) mass is 416 g/mol. The van der Waals surface area contributed by atoms with Crippen LogP contribution in [0.3, 0.4) is 0 Å². The van der Waals surface area contributed by atoms with Gasteiger partial charge >= 0.3 is 6.03 Å². The SMILES string of the molecule is Cc1cccc(N2C(=O)NC(=O)/C(=C/c3cccn3-c3ccc([N+](=O)[O-])cc3)C2=O)c1. The van der Waals surface area contributed by atoms with Crippen molar-refractivity contribution in [3.63, 3.8) is 0 Å². The standard InChI is InChI=1S/C22H16N4O5/c1-14-4-2-5-18(12-14)25-21(28)19(20(27)23-22(25)29)13-17-6-3-11-24(17)15-7-9-16(10-8-15)26(30)31/h2-13H,1H3,(H,23,27,29)/b19-13-. The number of barbiturate groups is 1. The minimum Gasteiger partial charge on any atom is -0.317 e. The molecule has 0 saturated carbocycles. The molecule has 1 aliphatic rings. The number of amides is 4. The molecule has 1 aliphatic heterocycles. The van der Waals surface area contributed by atoms with Gasteiger partial charge in [-0.15, -0.1) is 0 Å². The first-order chi connectivity index (χ1) is 14.8. The van der Waals surface area contributed by atoms with E-state index in [1.54, 1.807) is 53.2 Å². The van der Waals surface area contributed by atoms with Crippen LogP contribution in [-0.4, -0.2) is 27.3 Å². The highest BCUT2D eigenvalue weighted by molar-refractivity contribution is 6.39. The lowest BCUT2D eigenvalue weighted by atomic mass is 10.1. The highest BCUT2D eigenvalue weighted by Crippen LogP contribution is 2.24. The molecule has 2 heterocycles. The maximum absolute atomic E-state index is 13.0. The van der Waals surface area contributed by atoms with Crippen molar-refractivity contribution in [1.82, 2.24) is 9.88 Å². The molecule has 0 bridgehead atoms. The Morgan fingerprint density at radius 1 is 0.968 bits per heavy atom. The molecular weight excluding hydrogens is 400 g/mol. The van der Waals surface area contributed by atoms with Gasteiger partial charge in [0.1, 0.15) is 5.57 Å². The third-order valence-corrected chi connectivity index (χ3v) is 4.77. The van der Waals surface area contributed by atoms with Crippen LogP contribution in [0.1, 0.15) is 11.3 Å². The lowest BCUT2D eigenvalue weighted by Crippen LogP contribution is -2.54. The summed E-state index contributed by atoms with van der Waals surface area (Å²) in [6, 6.07) is 15.2. The third-order valence-electron chi connectivity index (χ3n) is 4.77. The number of nitro benzene ring substituents is 1.